The Bertz CT molecular complexity index is 841. The quantitative estimate of drug-likeness (QED) is 0.839. The molecule has 2 fully saturated rings. The third kappa shape index (κ3) is 4.67. The van der Waals surface area contributed by atoms with Gasteiger partial charge in [0.05, 0.1) is 12.6 Å². The number of anilines is 2. The first-order chi connectivity index (χ1) is 14.1. The van der Waals surface area contributed by atoms with Crippen LogP contribution in [0.1, 0.15) is 30.1 Å². The van der Waals surface area contributed by atoms with Crippen molar-refractivity contribution in [3.8, 4) is 0 Å². The van der Waals surface area contributed by atoms with Crippen molar-refractivity contribution in [1.82, 2.24) is 14.9 Å². The van der Waals surface area contributed by atoms with E-state index in [0.717, 1.165) is 44.2 Å². The Kier molecular flexibility index (Phi) is 5.94. The lowest BCUT2D eigenvalue weighted by atomic mass is 9.89. The van der Waals surface area contributed by atoms with Crippen molar-refractivity contribution >= 4 is 17.5 Å². The molecule has 2 unspecified atom stereocenters. The molecule has 0 aliphatic carbocycles. The average molecular weight is 396 g/mol. The van der Waals surface area contributed by atoms with E-state index in [9.17, 15) is 4.79 Å². The van der Waals surface area contributed by atoms with Gasteiger partial charge in [0.15, 0.2) is 0 Å². The van der Waals surface area contributed by atoms with Crippen LogP contribution in [0.3, 0.4) is 0 Å². The van der Waals surface area contributed by atoms with Gasteiger partial charge in [-0.3, -0.25) is 4.79 Å². The first-order valence-corrected chi connectivity index (χ1v) is 10.3. The molecule has 2 saturated heterocycles. The average Bonchev–Trinajstić information content (AvgIpc) is 2.75. The highest BCUT2D eigenvalue weighted by Gasteiger charge is 2.27. The van der Waals surface area contributed by atoms with Crippen molar-refractivity contribution in [3.63, 3.8) is 0 Å². The minimum Gasteiger partial charge on any atom is -0.373 e. The molecule has 29 heavy (non-hydrogen) atoms. The monoisotopic (exact) mass is 395 g/mol. The van der Waals surface area contributed by atoms with E-state index in [0.29, 0.717) is 19.0 Å². The number of benzene rings is 1. The number of carbonyl (C=O) groups excluding carboxylic acids is 1. The number of nitrogens with one attached hydrogen (secondary N) is 1. The van der Waals surface area contributed by atoms with Gasteiger partial charge in [-0.1, -0.05) is 29.8 Å². The molecule has 154 valence electrons. The van der Waals surface area contributed by atoms with Gasteiger partial charge in [0.1, 0.15) is 18.0 Å². The number of likely N-dealkylation sites (N-methyl/N-ethyl adjacent to an activating group) is 1. The van der Waals surface area contributed by atoms with Crippen LogP contribution in [0.2, 0.25) is 0 Å². The van der Waals surface area contributed by atoms with Gasteiger partial charge in [-0.25, -0.2) is 9.97 Å². The van der Waals surface area contributed by atoms with Gasteiger partial charge >= 0.3 is 0 Å². The summed E-state index contributed by atoms with van der Waals surface area (Å²) in [5.41, 5.74) is 2.50. The van der Waals surface area contributed by atoms with E-state index in [-0.39, 0.29) is 12.0 Å². The molecule has 1 amide bonds. The Morgan fingerprint density at radius 2 is 2.03 bits per heavy atom. The molecule has 7 nitrogen and oxygen atoms in total. The standard InChI is InChI=1S/C22H29N5O2/c1-16-5-7-17(8-6-16)22-18(4-3-11-29-22)13-23-19-12-20(25-15-24-19)27-10-9-26(2)21(28)14-27/h5-8,12,15,18,22H,3-4,9-11,13-14H2,1-2H3,(H,23,24,25). The molecule has 2 atom stereocenters. The molecule has 0 radical (unpaired) electrons. The van der Waals surface area contributed by atoms with Crippen LogP contribution in [-0.4, -0.2) is 60.6 Å². The normalized spacial score (nSPS) is 22.6. The molecule has 0 saturated carbocycles. The van der Waals surface area contributed by atoms with Gasteiger partial charge < -0.3 is 19.9 Å². The van der Waals surface area contributed by atoms with Crippen molar-refractivity contribution in [2.75, 3.05) is 50.1 Å². The highest BCUT2D eigenvalue weighted by atomic mass is 16.5. The minimum atomic E-state index is 0.105. The zero-order chi connectivity index (χ0) is 20.2. The number of rotatable bonds is 5. The van der Waals surface area contributed by atoms with Crippen molar-refractivity contribution in [2.45, 2.75) is 25.9 Å². The Morgan fingerprint density at radius 1 is 1.21 bits per heavy atom. The van der Waals surface area contributed by atoms with Gasteiger partial charge in [-0.2, -0.15) is 0 Å². The Morgan fingerprint density at radius 3 is 2.83 bits per heavy atom. The van der Waals surface area contributed by atoms with E-state index in [2.05, 4.69) is 46.5 Å². The van der Waals surface area contributed by atoms with Crippen LogP contribution >= 0.6 is 0 Å². The number of ether oxygens (including phenoxy) is 1. The predicted octanol–water partition coefficient (Wildman–Crippen LogP) is 2.64. The Balaban J connectivity index is 1.41. The van der Waals surface area contributed by atoms with E-state index in [1.807, 2.05) is 18.0 Å². The number of piperazine rings is 1. The molecule has 2 aliphatic rings. The van der Waals surface area contributed by atoms with Gasteiger partial charge in [0.25, 0.3) is 0 Å². The number of aromatic nitrogens is 2. The Hall–Kier alpha value is -2.67. The van der Waals surface area contributed by atoms with Crippen molar-refractivity contribution in [3.05, 3.63) is 47.8 Å². The molecule has 3 heterocycles. The molecule has 0 bridgehead atoms. The second kappa shape index (κ2) is 8.78. The fourth-order valence-corrected chi connectivity index (χ4v) is 3.98. The van der Waals surface area contributed by atoms with Crippen LogP contribution in [0.5, 0.6) is 0 Å². The van der Waals surface area contributed by atoms with Crippen LogP contribution in [-0.2, 0) is 9.53 Å². The number of hydrogen-bond donors (Lipinski definition) is 1. The summed E-state index contributed by atoms with van der Waals surface area (Å²) in [6.45, 7) is 5.55. The smallest absolute Gasteiger partial charge is 0.241 e. The first kappa shape index (κ1) is 19.6. The summed E-state index contributed by atoms with van der Waals surface area (Å²) in [6.07, 6.45) is 3.87. The van der Waals surface area contributed by atoms with Gasteiger partial charge in [0.2, 0.25) is 5.91 Å². The van der Waals surface area contributed by atoms with Gasteiger partial charge in [-0.15, -0.1) is 0 Å². The van der Waals surface area contributed by atoms with Gasteiger partial charge in [-0.05, 0) is 25.3 Å². The molecule has 0 spiro atoms. The largest absolute Gasteiger partial charge is 0.373 e. The highest BCUT2D eigenvalue weighted by Crippen LogP contribution is 2.34. The van der Waals surface area contributed by atoms with Crippen LogP contribution in [0.4, 0.5) is 11.6 Å². The second-order valence-electron chi connectivity index (χ2n) is 7.98. The zero-order valence-corrected chi connectivity index (χ0v) is 17.2. The maximum absolute atomic E-state index is 12.0. The van der Waals surface area contributed by atoms with Gasteiger partial charge in [0, 0.05) is 45.3 Å². The van der Waals surface area contributed by atoms with Crippen molar-refractivity contribution < 1.29 is 9.53 Å². The van der Waals surface area contributed by atoms with E-state index < -0.39 is 0 Å². The van der Waals surface area contributed by atoms with Crippen molar-refractivity contribution in [1.29, 1.82) is 0 Å². The summed E-state index contributed by atoms with van der Waals surface area (Å²) in [5, 5.41) is 3.47. The lowest BCUT2D eigenvalue weighted by Gasteiger charge is -2.33. The van der Waals surface area contributed by atoms with Crippen LogP contribution in [0.25, 0.3) is 0 Å². The third-order valence-corrected chi connectivity index (χ3v) is 5.83. The number of aryl methyl sites for hydroxylation is 1. The van der Waals surface area contributed by atoms with E-state index >= 15 is 0 Å². The molecule has 1 N–H and O–H groups in total. The number of amides is 1. The SMILES string of the molecule is Cc1ccc(C2OCCCC2CNc2cc(N3CCN(C)C(=O)C3)ncn2)cc1. The minimum absolute atomic E-state index is 0.105. The van der Waals surface area contributed by atoms with Crippen LogP contribution in [0.15, 0.2) is 36.7 Å². The molecule has 4 rings (SSSR count). The topological polar surface area (TPSA) is 70.6 Å². The summed E-state index contributed by atoms with van der Waals surface area (Å²) in [6, 6.07) is 10.6. The predicted molar refractivity (Wildman–Crippen MR) is 113 cm³/mol. The lowest BCUT2D eigenvalue weighted by molar-refractivity contribution is -0.129. The number of nitrogens with zero attached hydrogens (tertiary/aromatic N) is 4. The maximum Gasteiger partial charge on any atom is 0.241 e. The molecule has 1 aromatic heterocycles. The molecular formula is C22H29N5O2. The summed E-state index contributed by atoms with van der Waals surface area (Å²) in [4.78, 5) is 24.5. The Labute approximate surface area is 172 Å². The summed E-state index contributed by atoms with van der Waals surface area (Å²) in [7, 11) is 1.84. The summed E-state index contributed by atoms with van der Waals surface area (Å²) in [5.74, 6) is 2.08. The number of hydrogen-bond acceptors (Lipinski definition) is 6. The fourth-order valence-electron chi connectivity index (χ4n) is 3.98. The van der Waals surface area contributed by atoms with E-state index in [1.165, 1.54) is 11.1 Å². The molecular weight excluding hydrogens is 366 g/mol. The van der Waals surface area contributed by atoms with E-state index in [4.69, 9.17) is 4.74 Å². The maximum atomic E-state index is 12.0. The number of carbonyl (C=O) groups is 1. The van der Waals surface area contributed by atoms with E-state index in [1.54, 1.807) is 11.2 Å². The second-order valence-corrected chi connectivity index (χ2v) is 7.98. The zero-order valence-electron chi connectivity index (χ0n) is 17.2. The first-order valence-electron chi connectivity index (χ1n) is 10.3. The molecule has 2 aliphatic heterocycles. The van der Waals surface area contributed by atoms with Crippen molar-refractivity contribution in [2.24, 2.45) is 5.92 Å². The fraction of sp³-hybridized carbons (Fsp3) is 0.500. The molecule has 2 aromatic rings. The summed E-state index contributed by atoms with van der Waals surface area (Å²) < 4.78 is 6.12. The highest BCUT2D eigenvalue weighted by molar-refractivity contribution is 5.82. The lowest BCUT2D eigenvalue weighted by Crippen LogP contribution is -2.48. The third-order valence-electron chi connectivity index (χ3n) is 5.83. The van der Waals surface area contributed by atoms with Crippen LogP contribution < -0.4 is 10.2 Å². The summed E-state index contributed by atoms with van der Waals surface area (Å²) >= 11 is 0. The molecule has 1 aromatic carbocycles. The van der Waals surface area contributed by atoms with Crippen LogP contribution in [0, 0.1) is 12.8 Å². The molecule has 7 heteroatoms.